The number of fused-ring (bicyclic) bond motifs is 1. The Labute approximate surface area is 118 Å². The molecule has 0 aromatic heterocycles. The van der Waals surface area contributed by atoms with E-state index in [0.717, 1.165) is 25.9 Å². The van der Waals surface area contributed by atoms with Crippen LogP contribution in [0.5, 0.6) is 5.75 Å². The molecule has 108 valence electrons. The molecule has 1 aromatic carbocycles. The summed E-state index contributed by atoms with van der Waals surface area (Å²) in [5.41, 5.74) is 6.58. The molecule has 2 fully saturated rings. The van der Waals surface area contributed by atoms with Crippen molar-refractivity contribution in [3.05, 3.63) is 23.8 Å². The molecule has 2 aliphatic rings. The monoisotopic (exact) mass is 275 g/mol. The average Bonchev–Trinajstić information content (AvgIpc) is 2.85. The van der Waals surface area contributed by atoms with E-state index in [1.807, 2.05) is 0 Å². The lowest BCUT2D eigenvalue weighted by Crippen LogP contribution is -2.46. The number of carbonyl (C=O) groups is 1. The predicted octanol–water partition coefficient (Wildman–Crippen LogP) is 1.33. The highest BCUT2D eigenvalue weighted by atomic mass is 16.3. The Morgan fingerprint density at radius 1 is 1.30 bits per heavy atom. The summed E-state index contributed by atoms with van der Waals surface area (Å²) in [6, 6.07) is 5.14. The first-order chi connectivity index (χ1) is 9.65. The number of phenols is 1. The van der Waals surface area contributed by atoms with Crippen molar-refractivity contribution in [2.45, 2.75) is 37.8 Å². The highest BCUT2D eigenvalue weighted by Crippen LogP contribution is 2.28. The minimum atomic E-state index is -0.184. The standard InChI is InChI=1S/C15H21N3O2/c16-12-5-4-10(19)9-11(12)15(20)17-13-6-8-18-7-2-1-3-14(13)18/h4-5,9,13-14,19H,1-3,6-8,16H2,(H,17,20). The second-order valence-electron chi connectivity index (χ2n) is 5.74. The zero-order valence-corrected chi connectivity index (χ0v) is 11.5. The highest BCUT2D eigenvalue weighted by Gasteiger charge is 2.36. The van der Waals surface area contributed by atoms with Crippen molar-refractivity contribution in [3.63, 3.8) is 0 Å². The van der Waals surface area contributed by atoms with Gasteiger partial charge in [0.1, 0.15) is 5.75 Å². The van der Waals surface area contributed by atoms with Gasteiger partial charge >= 0.3 is 0 Å². The van der Waals surface area contributed by atoms with Gasteiger partial charge in [0.15, 0.2) is 0 Å². The van der Waals surface area contributed by atoms with Crippen LogP contribution in [0, 0.1) is 0 Å². The van der Waals surface area contributed by atoms with Crippen molar-refractivity contribution in [3.8, 4) is 5.75 Å². The summed E-state index contributed by atoms with van der Waals surface area (Å²) in [4.78, 5) is 14.8. The fourth-order valence-electron chi connectivity index (χ4n) is 3.40. The zero-order chi connectivity index (χ0) is 14.1. The minimum Gasteiger partial charge on any atom is -0.508 e. The molecule has 5 nitrogen and oxygen atoms in total. The van der Waals surface area contributed by atoms with Crippen molar-refractivity contribution in [1.82, 2.24) is 10.2 Å². The third-order valence-electron chi connectivity index (χ3n) is 4.45. The van der Waals surface area contributed by atoms with Crippen LogP contribution in [-0.4, -0.2) is 41.1 Å². The van der Waals surface area contributed by atoms with Gasteiger partial charge in [-0.1, -0.05) is 6.42 Å². The number of amides is 1. The number of benzene rings is 1. The van der Waals surface area contributed by atoms with E-state index in [2.05, 4.69) is 10.2 Å². The van der Waals surface area contributed by atoms with Crippen molar-refractivity contribution in [2.75, 3.05) is 18.8 Å². The molecule has 3 rings (SSSR count). The first kappa shape index (κ1) is 13.2. The number of anilines is 1. The van der Waals surface area contributed by atoms with Crippen molar-refractivity contribution >= 4 is 11.6 Å². The van der Waals surface area contributed by atoms with Crippen LogP contribution in [0.1, 0.15) is 36.0 Å². The average molecular weight is 275 g/mol. The molecule has 2 unspecified atom stereocenters. The molecule has 2 atom stereocenters. The van der Waals surface area contributed by atoms with Gasteiger partial charge in [-0.25, -0.2) is 0 Å². The van der Waals surface area contributed by atoms with E-state index in [9.17, 15) is 9.90 Å². The van der Waals surface area contributed by atoms with Crippen LogP contribution in [0.3, 0.4) is 0 Å². The molecule has 0 saturated carbocycles. The molecule has 4 N–H and O–H groups in total. The predicted molar refractivity (Wildman–Crippen MR) is 77.6 cm³/mol. The van der Waals surface area contributed by atoms with E-state index in [1.165, 1.54) is 25.0 Å². The maximum Gasteiger partial charge on any atom is 0.253 e. The van der Waals surface area contributed by atoms with Crippen molar-refractivity contribution < 1.29 is 9.90 Å². The van der Waals surface area contributed by atoms with Gasteiger partial charge in [-0.15, -0.1) is 0 Å². The van der Waals surface area contributed by atoms with Crippen LogP contribution in [0.25, 0.3) is 0 Å². The Morgan fingerprint density at radius 3 is 3.00 bits per heavy atom. The van der Waals surface area contributed by atoms with E-state index in [1.54, 1.807) is 6.07 Å². The van der Waals surface area contributed by atoms with Gasteiger partial charge in [-0.05, 0) is 44.0 Å². The van der Waals surface area contributed by atoms with Gasteiger partial charge in [0, 0.05) is 24.3 Å². The van der Waals surface area contributed by atoms with E-state index < -0.39 is 0 Å². The van der Waals surface area contributed by atoms with E-state index in [-0.39, 0.29) is 17.7 Å². The summed E-state index contributed by atoms with van der Waals surface area (Å²) in [5, 5.41) is 12.6. The largest absolute Gasteiger partial charge is 0.508 e. The number of phenolic OH excluding ortho intramolecular Hbond substituents is 1. The van der Waals surface area contributed by atoms with E-state index >= 15 is 0 Å². The Balaban J connectivity index is 1.71. The van der Waals surface area contributed by atoms with Crippen LogP contribution in [0.4, 0.5) is 5.69 Å². The summed E-state index contributed by atoms with van der Waals surface area (Å²) in [5.74, 6) is -0.120. The highest BCUT2D eigenvalue weighted by molar-refractivity contribution is 5.99. The van der Waals surface area contributed by atoms with Crippen molar-refractivity contribution in [1.29, 1.82) is 0 Å². The van der Waals surface area contributed by atoms with Crippen LogP contribution < -0.4 is 11.1 Å². The molecule has 1 aromatic rings. The van der Waals surface area contributed by atoms with Crippen LogP contribution in [-0.2, 0) is 0 Å². The Bertz CT molecular complexity index is 518. The molecule has 0 bridgehead atoms. The Morgan fingerprint density at radius 2 is 2.15 bits per heavy atom. The third-order valence-corrected chi connectivity index (χ3v) is 4.45. The second kappa shape index (κ2) is 5.32. The van der Waals surface area contributed by atoms with Gasteiger partial charge < -0.3 is 16.2 Å². The fourth-order valence-corrected chi connectivity index (χ4v) is 3.40. The minimum absolute atomic E-state index is 0.0649. The lowest BCUT2D eigenvalue weighted by atomic mass is 9.98. The topological polar surface area (TPSA) is 78.6 Å². The van der Waals surface area contributed by atoms with Crippen LogP contribution in [0.2, 0.25) is 0 Å². The lowest BCUT2D eigenvalue weighted by molar-refractivity contribution is 0.0916. The fraction of sp³-hybridized carbons (Fsp3) is 0.533. The number of nitrogens with zero attached hydrogens (tertiary/aromatic N) is 1. The number of nitrogens with one attached hydrogen (secondary N) is 1. The quantitative estimate of drug-likeness (QED) is 0.562. The molecule has 20 heavy (non-hydrogen) atoms. The number of hydrogen-bond donors (Lipinski definition) is 3. The maximum atomic E-state index is 12.3. The first-order valence-corrected chi connectivity index (χ1v) is 7.28. The smallest absolute Gasteiger partial charge is 0.253 e. The second-order valence-corrected chi connectivity index (χ2v) is 5.74. The summed E-state index contributed by atoms with van der Waals surface area (Å²) in [6.45, 7) is 2.20. The summed E-state index contributed by atoms with van der Waals surface area (Å²) in [6.07, 6.45) is 4.65. The van der Waals surface area contributed by atoms with Crippen molar-refractivity contribution in [2.24, 2.45) is 0 Å². The number of piperidine rings is 1. The molecule has 2 aliphatic heterocycles. The molecule has 0 aliphatic carbocycles. The maximum absolute atomic E-state index is 12.3. The Hall–Kier alpha value is -1.75. The van der Waals surface area contributed by atoms with Gasteiger partial charge in [-0.2, -0.15) is 0 Å². The SMILES string of the molecule is Nc1ccc(O)cc1C(=O)NC1CCN2CCCCC12. The normalized spacial score (nSPS) is 26.2. The molecule has 1 amide bonds. The van der Waals surface area contributed by atoms with Crippen LogP contribution >= 0.6 is 0 Å². The molecule has 2 saturated heterocycles. The molecule has 0 spiro atoms. The molecular weight excluding hydrogens is 254 g/mol. The van der Waals surface area contributed by atoms with E-state index in [4.69, 9.17) is 5.73 Å². The Kier molecular flexibility index (Phi) is 3.53. The third kappa shape index (κ3) is 2.45. The van der Waals surface area contributed by atoms with Crippen LogP contribution in [0.15, 0.2) is 18.2 Å². The number of carbonyl (C=O) groups excluding carboxylic acids is 1. The number of nitrogens with two attached hydrogens (primary N) is 1. The summed E-state index contributed by atoms with van der Waals surface area (Å²) >= 11 is 0. The molecule has 5 heteroatoms. The van der Waals surface area contributed by atoms with Gasteiger partial charge in [0.05, 0.1) is 5.56 Å². The number of rotatable bonds is 2. The number of nitrogen functional groups attached to an aromatic ring is 1. The summed E-state index contributed by atoms with van der Waals surface area (Å²) < 4.78 is 0. The summed E-state index contributed by atoms with van der Waals surface area (Å²) in [7, 11) is 0. The molecule has 2 heterocycles. The lowest BCUT2D eigenvalue weighted by Gasteiger charge is -2.32. The van der Waals surface area contributed by atoms with Gasteiger partial charge in [0.2, 0.25) is 0 Å². The molecule has 0 radical (unpaired) electrons. The number of hydrogen-bond acceptors (Lipinski definition) is 4. The number of aromatic hydroxyl groups is 1. The molecular formula is C15H21N3O2. The zero-order valence-electron chi connectivity index (χ0n) is 11.5. The first-order valence-electron chi connectivity index (χ1n) is 7.28. The van der Waals surface area contributed by atoms with E-state index in [0.29, 0.717) is 17.3 Å². The van der Waals surface area contributed by atoms with Gasteiger partial charge in [0.25, 0.3) is 5.91 Å². The van der Waals surface area contributed by atoms with Gasteiger partial charge in [-0.3, -0.25) is 9.69 Å².